The number of anilines is 2. The molecule has 0 saturated heterocycles. The van der Waals surface area contributed by atoms with Gasteiger partial charge in [0.25, 0.3) is 0 Å². The first-order chi connectivity index (χ1) is 14.2. The number of nitrogens with zero attached hydrogens (tertiary/aromatic N) is 1. The molecule has 1 atom stereocenters. The maximum Gasteiger partial charge on any atom is 0.0892 e. The third-order valence-electron chi connectivity index (χ3n) is 5.65. The van der Waals surface area contributed by atoms with E-state index in [1.807, 2.05) is 24.3 Å². The Morgan fingerprint density at radius 2 is 1.62 bits per heavy atom. The van der Waals surface area contributed by atoms with Crippen LogP contribution in [0.5, 0.6) is 0 Å². The van der Waals surface area contributed by atoms with E-state index in [0.29, 0.717) is 0 Å². The standard InChI is InChI=1S/C25H28N2OS/c1-19-14-15-24-25(20(19)2)27(22-12-6-7-13-23(22)29(24)28)17-9-8-16-26-18-21-10-4-3-5-11-21/h3-7,10-15,26H,8-9,16-18H2,1-2H3. The summed E-state index contributed by atoms with van der Waals surface area (Å²) in [5, 5.41) is 3.54. The monoisotopic (exact) mass is 404 g/mol. The molecule has 4 rings (SSSR count). The quantitative estimate of drug-likeness (QED) is 0.528. The van der Waals surface area contributed by atoms with Gasteiger partial charge in [-0.3, -0.25) is 0 Å². The summed E-state index contributed by atoms with van der Waals surface area (Å²) in [7, 11) is -1.11. The van der Waals surface area contributed by atoms with E-state index in [1.165, 1.54) is 16.7 Å². The lowest BCUT2D eigenvalue weighted by Crippen LogP contribution is -2.27. The van der Waals surface area contributed by atoms with E-state index in [4.69, 9.17) is 0 Å². The van der Waals surface area contributed by atoms with Crippen molar-refractivity contribution >= 4 is 22.2 Å². The van der Waals surface area contributed by atoms with Gasteiger partial charge in [0.15, 0.2) is 0 Å². The molecule has 3 aromatic rings. The summed E-state index contributed by atoms with van der Waals surface area (Å²) in [6.45, 7) is 7.11. The highest BCUT2D eigenvalue weighted by Gasteiger charge is 2.29. The predicted octanol–water partition coefficient (Wildman–Crippen LogP) is 5.49. The van der Waals surface area contributed by atoms with Crippen molar-refractivity contribution in [2.24, 2.45) is 0 Å². The number of aryl methyl sites for hydroxylation is 1. The van der Waals surface area contributed by atoms with Gasteiger partial charge in [0.1, 0.15) is 0 Å². The SMILES string of the molecule is Cc1ccc2c(c1C)N(CCCCNCc1ccccc1)c1ccccc1S2=O. The van der Waals surface area contributed by atoms with Gasteiger partial charge >= 0.3 is 0 Å². The maximum atomic E-state index is 13.1. The van der Waals surface area contributed by atoms with Gasteiger partial charge in [-0.25, -0.2) is 4.21 Å². The Morgan fingerprint density at radius 1 is 0.862 bits per heavy atom. The second kappa shape index (κ2) is 8.93. The fourth-order valence-electron chi connectivity index (χ4n) is 3.92. The summed E-state index contributed by atoms with van der Waals surface area (Å²) in [5.41, 5.74) is 6.02. The molecule has 0 saturated carbocycles. The van der Waals surface area contributed by atoms with E-state index < -0.39 is 10.8 Å². The van der Waals surface area contributed by atoms with E-state index in [-0.39, 0.29) is 0 Å². The number of hydrogen-bond donors (Lipinski definition) is 1. The number of rotatable bonds is 7. The molecule has 3 aromatic carbocycles. The second-order valence-electron chi connectivity index (χ2n) is 7.61. The van der Waals surface area contributed by atoms with Crippen LogP contribution >= 0.6 is 0 Å². The molecule has 0 aliphatic carbocycles. The van der Waals surface area contributed by atoms with Crippen molar-refractivity contribution in [3.05, 3.63) is 83.4 Å². The first-order valence-electron chi connectivity index (χ1n) is 10.3. The van der Waals surface area contributed by atoms with Gasteiger partial charge in [-0.15, -0.1) is 0 Å². The van der Waals surface area contributed by atoms with Gasteiger partial charge in [-0.2, -0.15) is 0 Å². The zero-order valence-electron chi connectivity index (χ0n) is 17.2. The van der Waals surface area contributed by atoms with Crippen molar-refractivity contribution in [2.45, 2.75) is 43.0 Å². The Labute approximate surface area is 176 Å². The second-order valence-corrected chi connectivity index (χ2v) is 9.03. The lowest BCUT2D eigenvalue weighted by atomic mass is 10.1. The molecule has 0 fully saturated rings. The highest BCUT2D eigenvalue weighted by atomic mass is 32.2. The van der Waals surface area contributed by atoms with Crippen molar-refractivity contribution in [3.8, 4) is 0 Å². The van der Waals surface area contributed by atoms with Gasteiger partial charge < -0.3 is 10.2 Å². The van der Waals surface area contributed by atoms with Crippen LogP contribution in [0.3, 0.4) is 0 Å². The Balaban J connectivity index is 1.45. The smallest absolute Gasteiger partial charge is 0.0892 e. The van der Waals surface area contributed by atoms with Crippen LogP contribution in [0.1, 0.15) is 29.5 Å². The van der Waals surface area contributed by atoms with Crippen LogP contribution in [0.4, 0.5) is 11.4 Å². The van der Waals surface area contributed by atoms with Crippen molar-refractivity contribution in [1.82, 2.24) is 5.32 Å². The van der Waals surface area contributed by atoms with Crippen LogP contribution in [0.2, 0.25) is 0 Å². The van der Waals surface area contributed by atoms with Crippen molar-refractivity contribution in [2.75, 3.05) is 18.0 Å². The molecule has 3 nitrogen and oxygen atoms in total. The molecule has 4 heteroatoms. The fraction of sp³-hybridized carbons (Fsp3) is 0.280. The highest BCUT2D eigenvalue weighted by molar-refractivity contribution is 7.85. The van der Waals surface area contributed by atoms with Crippen LogP contribution in [-0.2, 0) is 17.3 Å². The minimum Gasteiger partial charge on any atom is -0.339 e. The summed E-state index contributed by atoms with van der Waals surface area (Å²) < 4.78 is 13.1. The van der Waals surface area contributed by atoms with E-state index in [2.05, 4.69) is 66.5 Å². The average molecular weight is 405 g/mol. The Morgan fingerprint density at radius 3 is 2.45 bits per heavy atom. The summed E-state index contributed by atoms with van der Waals surface area (Å²) in [5.74, 6) is 0. The zero-order chi connectivity index (χ0) is 20.2. The van der Waals surface area contributed by atoms with Crippen molar-refractivity contribution in [1.29, 1.82) is 0 Å². The zero-order valence-corrected chi connectivity index (χ0v) is 18.0. The number of nitrogens with one attached hydrogen (secondary N) is 1. The molecule has 0 radical (unpaired) electrons. The molecule has 1 unspecified atom stereocenters. The van der Waals surface area contributed by atoms with Crippen LogP contribution in [-0.4, -0.2) is 17.3 Å². The summed E-state index contributed by atoms with van der Waals surface area (Å²) >= 11 is 0. The van der Waals surface area contributed by atoms with E-state index >= 15 is 0 Å². The van der Waals surface area contributed by atoms with Crippen LogP contribution in [0, 0.1) is 13.8 Å². The van der Waals surface area contributed by atoms with Crippen LogP contribution in [0.25, 0.3) is 0 Å². The molecule has 1 N–H and O–H groups in total. The van der Waals surface area contributed by atoms with Gasteiger partial charge in [-0.05, 0) is 68.1 Å². The van der Waals surface area contributed by atoms with Crippen molar-refractivity contribution < 1.29 is 4.21 Å². The Hall–Kier alpha value is -2.43. The predicted molar refractivity (Wildman–Crippen MR) is 121 cm³/mol. The Bertz CT molecular complexity index is 1020. The molecule has 1 aliphatic rings. The normalized spacial score (nSPS) is 15.1. The lowest BCUT2D eigenvalue weighted by Gasteiger charge is -2.34. The minimum atomic E-state index is -1.11. The van der Waals surface area contributed by atoms with Crippen LogP contribution in [0.15, 0.2) is 76.5 Å². The molecule has 150 valence electrons. The molecule has 0 aromatic heterocycles. The van der Waals surface area contributed by atoms with Gasteiger partial charge in [0.05, 0.1) is 32.0 Å². The molecule has 0 spiro atoms. The summed E-state index contributed by atoms with van der Waals surface area (Å²) in [4.78, 5) is 4.24. The molecule has 0 bridgehead atoms. The lowest BCUT2D eigenvalue weighted by molar-refractivity contribution is 0.622. The van der Waals surface area contributed by atoms with Gasteiger partial charge in [0.2, 0.25) is 0 Å². The summed E-state index contributed by atoms with van der Waals surface area (Å²) in [6, 6.07) is 22.8. The average Bonchev–Trinajstić information content (AvgIpc) is 2.76. The van der Waals surface area contributed by atoms with Gasteiger partial charge in [-0.1, -0.05) is 48.5 Å². The molecule has 0 amide bonds. The van der Waals surface area contributed by atoms with E-state index in [0.717, 1.165) is 53.6 Å². The van der Waals surface area contributed by atoms with Crippen LogP contribution < -0.4 is 10.2 Å². The molecular formula is C25H28N2OS. The minimum absolute atomic E-state index is 0.910. The first kappa shape index (κ1) is 19.9. The largest absolute Gasteiger partial charge is 0.339 e. The van der Waals surface area contributed by atoms with Gasteiger partial charge in [0, 0.05) is 13.1 Å². The number of para-hydroxylation sites is 1. The fourth-order valence-corrected chi connectivity index (χ4v) is 5.36. The number of benzene rings is 3. The van der Waals surface area contributed by atoms with E-state index in [9.17, 15) is 4.21 Å². The maximum absolute atomic E-state index is 13.1. The highest BCUT2D eigenvalue weighted by Crippen LogP contribution is 2.44. The van der Waals surface area contributed by atoms with E-state index in [1.54, 1.807) is 0 Å². The Kier molecular flexibility index (Phi) is 6.12. The number of unbranched alkanes of at least 4 members (excludes halogenated alkanes) is 1. The number of fused-ring (bicyclic) bond motifs is 2. The first-order valence-corrected chi connectivity index (χ1v) is 11.4. The molecule has 29 heavy (non-hydrogen) atoms. The molecular weight excluding hydrogens is 376 g/mol. The van der Waals surface area contributed by atoms with Crippen molar-refractivity contribution in [3.63, 3.8) is 0 Å². The summed E-state index contributed by atoms with van der Waals surface area (Å²) in [6.07, 6.45) is 2.18. The molecule has 1 aliphatic heterocycles. The third-order valence-corrected chi connectivity index (χ3v) is 7.12. The third kappa shape index (κ3) is 4.14. The molecule has 1 heterocycles. The topological polar surface area (TPSA) is 32.3 Å². The number of hydrogen-bond acceptors (Lipinski definition) is 3.